The topological polar surface area (TPSA) is 25.8 Å². The number of halogens is 1. The van der Waals surface area contributed by atoms with Gasteiger partial charge in [-0.1, -0.05) is 38.0 Å². The van der Waals surface area contributed by atoms with Crippen LogP contribution in [0.15, 0.2) is 0 Å². The van der Waals surface area contributed by atoms with Crippen LogP contribution in [-0.4, -0.2) is 10.2 Å². The van der Waals surface area contributed by atoms with Crippen LogP contribution in [0.25, 0.3) is 0 Å². The highest BCUT2D eigenvalue weighted by Crippen LogP contribution is 2.28. The quantitative estimate of drug-likeness (QED) is 0.694. The van der Waals surface area contributed by atoms with Gasteiger partial charge in [0.05, 0.1) is 5.88 Å². The largest absolute Gasteiger partial charge is 0.143 e. The van der Waals surface area contributed by atoms with Gasteiger partial charge in [0.2, 0.25) is 0 Å². The van der Waals surface area contributed by atoms with Crippen molar-refractivity contribution >= 4 is 22.9 Å². The van der Waals surface area contributed by atoms with E-state index in [1.807, 2.05) is 0 Å². The zero-order valence-corrected chi connectivity index (χ0v) is 10.4. The Kier molecular flexibility index (Phi) is 5.41. The van der Waals surface area contributed by atoms with Crippen LogP contribution in [0.5, 0.6) is 0 Å². The van der Waals surface area contributed by atoms with Crippen molar-refractivity contribution < 1.29 is 0 Å². The van der Waals surface area contributed by atoms with Gasteiger partial charge in [0.15, 0.2) is 0 Å². The van der Waals surface area contributed by atoms with E-state index in [1.165, 1.54) is 30.7 Å². The summed E-state index contributed by atoms with van der Waals surface area (Å²) in [6.45, 7) is 4.43. The third-order valence-corrected chi connectivity index (χ3v) is 3.72. The van der Waals surface area contributed by atoms with Gasteiger partial charge in [-0.25, -0.2) is 0 Å². The van der Waals surface area contributed by atoms with E-state index in [2.05, 4.69) is 24.0 Å². The molecule has 0 aliphatic heterocycles. The second-order valence-electron chi connectivity index (χ2n) is 3.44. The van der Waals surface area contributed by atoms with Crippen molar-refractivity contribution in [3.8, 4) is 0 Å². The Morgan fingerprint density at radius 1 is 1.21 bits per heavy atom. The molecular formula is C10H17ClN2S. The van der Waals surface area contributed by atoms with Gasteiger partial charge in [-0.2, -0.15) is 0 Å². The lowest BCUT2D eigenvalue weighted by molar-refractivity contribution is 0.554. The second kappa shape index (κ2) is 6.36. The van der Waals surface area contributed by atoms with E-state index in [0.29, 0.717) is 11.8 Å². The summed E-state index contributed by atoms with van der Waals surface area (Å²) in [4.78, 5) is 0. The lowest BCUT2D eigenvalue weighted by Gasteiger charge is -2.10. The summed E-state index contributed by atoms with van der Waals surface area (Å²) < 4.78 is 0. The number of hydrogen-bond acceptors (Lipinski definition) is 3. The highest BCUT2D eigenvalue weighted by atomic mass is 35.5. The molecule has 0 saturated carbocycles. The molecule has 0 radical (unpaired) electrons. The fraction of sp³-hybridized carbons (Fsp3) is 0.800. The Balaban J connectivity index is 2.65. The van der Waals surface area contributed by atoms with E-state index in [-0.39, 0.29) is 0 Å². The van der Waals surface area contributed by atoms with Crippen LogP contribution in [0.2, 0.25) is 0 Å². The Morgan fingerprint density at radius 3 is 2.29 bits per heavy atom. The minimum atomic E-state index is 0.489. The molecule has 0 amide bonds. The van der Waals surface area contributed by atoms with Gasteiger partial charge in [-0.3, -0.25) is 0 Å². The maximum atomic E-state index is 5.71. The van der Waals surface area contributed by atoms with Crippen LogP contribution in [0, 0.1) is 0 Å². The molecule has 14 heavy (non-hydrogen) atoms. The first-order valence-electron chi connectivity index (χ1n) is 5.20. The van der Waals surface area contributed by atoms with E-state index in [1.54, 1.807) is 11.3 Å². The van der Waals surface area contributed by atoms with E-state index in [4.69, 9.17) is 11.6 Å². The molecular weight excluding hydrogens is 216 g/mol. The van der Waals surface area contributed by atoms with Crippen molar-refractivity contribution in [3.63, 3.8) is 0 Å². The molecule has 0 spiro atoms. The molecule has 0 fully saturated rings. The Bertz CT molecular complexity index is 256. The maximum absolute atomic E-state index is 5.71. The molecule has 4 heteroatoms. The van der Waals surface area contributed by atoms with Crippen LogP contribution in [-0.2, 0) is 5.88 Å². The summed E-state index contributed by atoms with van der Waals surface area (Å²) in [7, 11) is 0. The molecule has 0 aliphatic rings. The first-order valence-corrected chi connectivity index (χ1v) is 6.55. The molecule has 2 nitrogen and oxygen atoms in total. The zero-order chi connectivity index (χ0) is 10.4. The van der Waals surface area contributed by atoms with Crippen molar-refractivity contribution in [1.29, 1.82) is 0 Å². The maximum Gasteiger partial charge on any atom is 0.132 e. The van der Waals surface area contributed by atoms with Gasteiger partial charge < -0.3 is 0 Å². The average Bonchev–Trinajstić information content (AvgIpc) is 2.65. The molecule has 1 rings (SSSR count). The molecule has 80 valence electrons. The van der Waals surface area contributed by atoms with Crippen molar-refractivity contribution in [2.75, 3.05) is 0 Å². The molecule has 0 aliphatic carbocycles. The minimum absolute atomic E-state index is 0.489. The van der Waals surface area contributed by atoms with Crippen LogP contribution >= 0.6 is 22.9 Å². The monoisotopic (exact) mass is 232 g/mol. The number of aromatic nitrogens is 2. The number of nitrogens with zero attached hydrogens (tertiary/aromatic N) is 2. The van der Waals surface area contributed by atoms with Crippen molar-refractivity contribution in [1.82, 2.24) is 10.2 Å². The molecule has 0 N–H and O–H groups in total. The van der Waals surface area contributed by atoms with Crippen molar-refractivity contribution in [3.05, 3.63) is 10.0 Å². The number of rotatable bonds is 6. The molecule has 0 aromatic carbocycles. The zero-order valence-electron chi connectivity index (χ0n) is 8.79. The highest BCUT2D eigenvalue weighted by Gasteiger charge is 2.14. The molecule has 0 saturated heterocycles. The molecule has 1 heterocycles. The Hall–Kier alpha value is -0.150. The number of hydrogen-bond donors (Lipinski definition) is 0. The van der Waals surface area contributed by atoms with Gasteiger partial charge in [0.25, 0.3) is 0 Å². The molecule has 1 aromatic rings. The highest BCUT2D eigenvalue weighted by molar-refractivity contribution is 7.11. The minimum Gasteiger partial charge on any atom is -0.143 e. The molecule has 1 aromatic heterocycles. The molecule has 0 unspecified atom stereocenters. The smallest absolute Gasteiger partial charge is 0.132 e. The van der Waals surface area contributed by atoms with Gasteiger partial charge >= 0.3 is 0 Å². The van der Waals surface area contributed by atoms with Crippen LogP contribution in [0.3, 0.4) is 0 Å². The first-order chi connectivity index (χ1) is 6.81. The Labute approximate surface area is 94.7 Å². The summed E-state index contributed by atoms with van der Waals surface area (Å²) in [6.07, 6.45) is 4.84. The number of alkyl halides is 1. The summed E-state index contributed by atoms with van der Waals surface area (Å²) in [6, 6.07) is 0. The van der Waals surface area contributed by atoms with Crippen LogP contribution in [0.1, 0.15) is 55.5 Å². The summed E-state index contributed by atoms with van der Waals surface area (Å²) in [5, 5.41) is 10.4. The molecule has 0 atom stereocenters. The van der Waals surface area contributed by atoms with E-state index in [0.717, 1.165) is 5.01 Å². The summed E-state index contributed by atoms with van der Waals surface area (Å²) in [5.41, 5.74) is 0. The third-order valence-electron chi connectivity index (χ3n) is 2.22. The van der Waals surface area contributed by atoms with Gasteiger partial charge in [-0.05, 0) is 12.8 Å². The second-order valence-corrected chi connectivity index (χ2v) is 4.80. The first kappa shape index (κ1) is 11.9. The van der Waals surface area contributed by atoms with Crippen LogP contribution < -0.4 is 0 Å². The van der Waals surface area contributed by atoms with Gasteiger partial charge in [0.1, 0.15) is 10.0 Å². The van der Waals surface area contributed by atoms with Crippen LogP contribution in [0.4, 0.5) is 0 Å². The van der Waals surface area contributed by atoms with E-state index < -0.39 is 0 Å². The summed E-state index contributed by atoms with van der Waals surface area (Å²) in [5.74, 6) is 1.09. The lowest BCUT2D eigenvalue weighted by Crippen LogP contribution is -1.97. The SMILES string of the molecule is CCCC(CCC)c1nnc(CCl)s1. The van der Waals surface area contributed by atoms with E-state index >= 15 is 0 Å². The fourth-order valence-corrected chi connectivity index (χ4v) is 2.65. The van der Waals surface area contributed by atoms with Crippen molar-refractivity contribution in [2.24, 2.45) is 0 Å². The average molecular weight is 233 g/mol. The van der Waals surface area contributed by atoms with Gasteiger partial charge in [-0.15, -0.1) is 21.8 Å². The normalized spacial score (nSPS) is 11.1. The predicted molar refractivity (Wildman–Crippen MR) is 62.0 cm³/mol. The predicted octanol–water partition coefficient (Wildman–Crippen LogP) is 3.96. The van der Waals surface area contributed by atoms with Gasteiger partial charge in [0, 0.05) is 5.92 Å². The fourth-order valence-electron chi connectivity index (χ4n) is 1.57. The van der Waals surface area contributed by atoms with Crippen molar-refractivity contribution in [2.45, 2.75) is 51.3 Å². The Morgan fingerprint density at radius 2 is 1.86 bits per heavy atom. The van der Waals surface area contributed by atoms with E-state index in [9.17, 15) is 0 Å². The third kappa shape index (κ3) is 3.21. The lowest BCUT2D eigenvalue weighted by atomic mass is 9.99. The summed E-state index contributed by atoms with van der Waals surface area (Å²) >= 11 is 7.37. The standard InChI is InChI=1S/C10H17ClN2S/c1-3-5-8(6-4-2)10-13-12-9(7-11)14-10/h8H,3-7H2,1-2H3. The molecule has 0 bridgehead atoms.